The number of rotatable bonds is 9. The van der Waals surface area contributed by atoms with E-state index in [0.717, 1.165) is 29.5 Å². The van der Waals surface area contributed by atoms with E-state index in [-0.39, 0.29) is 5.97 Å². The van der Waals surface area contributed by atoms with E-state index in [1.54, 1.807) is 12.1 Å². The smallest absolute Gasteiger partial charge is 0.343 e. The highest BCUT2D eigenvalue weighted by Crippen LogP contribution is 2.16. The third-order valence-electron chi connectivity index (χ3n) is 5.72. The summed E-state index contributed by atoms with van der Waals surface area (Å²) in [6, 6.07) is 23.0. The molecular weight excluding hydrogens is 428 g/mol. The lowest BCUT2D eigenvalue weighted by Crippen LogP contribution is -2.08. The molecule has 0 aliphatic carbocycles. The fourth-order valence-corrected chi connectivity index (χ4v) is 3.66. The van der Waals surface area contributed by atoms with Gasteiger partial charge in [-0.1, -0.05) is 81.8 Å². The van der Waals surface area contributed by atoms with Gasteiger partial charge in [0.25, 0.3) is 0 Å². The lowest BCUT2D eigenvalue weighted by molar-refractivity contribution is 0.0734. The molecule has 3 aromatic carbocycles. The van der Waals surface area contributed by atoms with Crippen molar-refractivity contribution in [2.24, 2.45) is 0 Å². The Hall–Kier alpha value is -3.75. The lowest BCUT2D eigenvalue weighted by Gasteiger charge is -2.06. The van der Waals surface area contributed by atoms with Crippen LogP contribution in [-0.4, -0.2) is 5.97 Å². The first kappa shape index (κ1) is 25.9. The van der Waals surface area contributed by atoms with Gasteiger partial charge in [-0.05, 0) is 79.1 Å². The van der Waals surface area contributed by atoms with Gasteiger partial charge in [-0.15, -0.1) is 0 Å². The first-order chi connectivity index (χ1) is 17.2. The molecular formula is C33H34O2. The molecule has 0 bridgehead atoms. The molecule has 0 atom stereocenters. The van der Waals surface area contributed by atoms with E-state index in [1.807, 2.05) is 67.6 Å². The molecule has 2 nitrogen and oxygen atoms in total. The summed E-state index contributed by atoms with van der Waals surface area (Å²) in [6.07, 6.45) is 9.62. The fraction of sp³-hybridized carbons (Fsp3) is 0.303. The Bertz CT molecular complexity index is 1180. The van der Waals surface area contributed by atoms with Crippen LogP contribution in [0.1, 0.15) is 91.4 Å². The zero-order valence-electron chi connectivity index (χ0n) is 20.9. The van der Waals surface area contributed by atoms with Crippen LogP contribution in [0.2, 0.25) is 0 Å². The molecule has 0 saturated heterocycles. The number of carbonyl (C=O) groups is 1. The second-order valence-corrected chi connectivity index (χ2v) is 8.61. The first-order valence-corrected chi connectivity index (χ1v) is 12.7. The third kappa shape index (κ3) is 9.19. The van der Waals surface area contributed by atoms with Gasteiger partial charge in [-0.25, -0.2) is 4.79 Å². The van der Waals surface area contributed by atoms with Gasteiger partial charge in [0.2, 0.25) is 0 Å². The summed E-state index contributed by atoms with van der Waals surface area (Å²) in [4.78, 5) is 12.5. The van der Waals surface area contributed by atoms with Gasteiger partial charge in [-0.2, -0.15) is 0 Å². The first-order valence-electron chi connectivity index (χ1n) is 12.7. The van der Waals surface area contributed by atoms with Crippen LogP contribution >= 0.6 is 0 Å². The summed E-state index contributed by atoms with van der Waals surface area (Å²) in [5.74, 6) is 12.6. The maximum absolute atomic E-state index is 12.5. The van der Waals surface area contributed by atoms with Crippen molar-refractivity contribution in [1.82, 2.24) is 0 Å². The minimum absolute atomic E-state index is 0.346. The van der Waals surface area contributed by atoms with Crippen molar-refractivity contribution in [2.75, 3.05) is 0 Å². The number of ether oxygens (including phenoxy) is 1. The highest BCUT2D eigenvalue weighted by molar-refractivity contribution is 5.91. The van der Waals surface area contributed by atoms with Crippen molar-refractivity contribution in [2.45, 2.75) is 65.2 Å². The second kappa shape index (κ2) is 14.5. The van der Waals surface area contributed by atoms with Gasteiger partial charge < -0.3 is 4.74 Å². The number of unbranched alkanes of at least 4 members (excludes halogenated alkanes) is 5. The molecule has 3 rings (SSSR count). The minimum atomic E-state index is -0.346. The van der Waals surface area contributed by atoms with Crippen LogP contribution in [-0.2, 0) is 6.42 Å². The van der Waals surface area contributed by atoms with Crippen LogP contribution in [0.3, 0.4) is 0 Å². The number of hydrogen-bond donors (Lipinski definition) is 0. The SMILES string of the molecule is CCC#Cc1ccc(C#Cc2ccc(OC(=O)c3ccc(CCCCCCCC)cc3)cc2)cc1. The third-order valence-corrected chi connectivity index (χ3v) is 5.72. The molecule has 0 aromatic heterocycles. The summed E-state index contributed by atoms with van der Waals surface area (Å²) < 4.78 is 5.54. The molecule has 0 fully saturated rings. The molecule has 0 unspecified atom stereocenters. The maximum Gasteiger partial charge on any atom is 0.343 e. The highest BCUT2D eigenvalue weighted by atomic mass is 16.5. The number of carbonyl (C=O) groups excluding carboxylic acids is 1. The largest absolute Gasteiger partial charge is 0.423 e. The molecule has 0 heterocycles. The maximum atomic E-state index is 12.5. The van der Waals surface area contributed by atoms with E-state index in [4.69, 9.17) is 4.74 Å². The Kier molecular flexibility index (Phi) is 10.7. The average Bonchev–Trinajstić information content (AvgIpc) is 2.90. The number of benzene rings is 3. The minimum Gasteiger partial charge on any atom is -0.423 e. The second-order valence-electron chi connectivity index (χ2n) is 8.61. The van der Waals surface area contributed by atoms with Crippen LogP contribution in [0, 0.1) is 23.7 Å². The number of esters is 1. The molecule has 0 aliphatic rings. The van der Waals surface area contributed by atoms with E-state index >= 15 is 0 Å². The van der Waals surface area contributed by atoms with Crippen molar-refractivity contribution in [1.29, 1.82) is 0 Å². The fourth-order valence-electron chi connectivity index (χ4n) is 3.66. The Morgan fingerprint density at radius 1 is 0.657 bits per heavy atom. The number of aryl methyl sites for hydroxylation is 1. The van der Waals surface area contributed by atoms with E-state index < -0.39 is 0 Å². The number of hydrogen-bond acceptors (Lipinski definition) is 2. The van der Waals surface area contributed by atoms with Crippen molar-refractivity contribution < 1.29 is 9.53 Å². The quantitative estimate of drug-likeness (QED) is 0.139. The molecule has 2 heteroatoms. The molecule has 0 amide bonds. The summed E-state index contributed by atoms with van der Waals surface area (Å²) in [6.45, 7) is 4.27. The zero-order chi connectivity index (χ0) is 24.7. The molecule has 0 N–H and O–H groups in total. The summed E-state index contributed by atoms with van der Waals surface area (Å²) in [5.41, 5.74) is 4.62. The Labute approximate surface area is 210 Å². The molecule has 0 radical (unpaired) electrons. The molecule has 0 spiro atoms. The van der Waals surface area contributed by atoms with Crippen LogP contribution in [0.25, 0.3) is 0 Å². The topological polar surface area (TPSA) is 26.3 Å². The van der Waals surface area contributed by atoms with Gasteiger partial charge in [0.15, 0.2) is 0 Å². The molecule has 0 saturated carbocycles. The zero-order valence-corrected chi connectivity index (χ0v) is 20.9. The van der Waals surface area contributed by atoms with Crippen LogP contribution in [0.15, 0.2) is 72.8 Å². The molecule has 3 aromatic rings. The summed E-state index contributed by atoms with van der Waals surface area (Å²) in [5, 5.41) is 0. The summed E-state index contributed by atoms with van der Waals surface area (Å²) >= 11 is 0. The predicted molar refractivity (Wildman–Crippen MR) is 145 cm³/mol. The Morgan fingerprint density at radius 2 is 1.20 bits per heavy atom. The highest BCUT2D eigenvalue weighted by Gasteiger charge is 2.08. The van der Waals surface area contributed by atoms with Gasteiger partial charge in [0.05, 0.1) is 5.56 Å². The van der Waals surface area contributed by atoms with Crippen LogP contribution < -0.4 is 4.74 Å². The predicted octanol–water partition coefficient (Wildman–Crippen LogP) is 7.97. The standard InChI is InChI=1S/C33H34O2/c1-3-5-7-8-9-10-12-28-19-23-31(24-20-28)33(34)35-32-25-21-30(22-26-32)18-17-29-15-13-27(14-16-29)11-6-4-2/h13-16,19-26H,3-5,7-10,12H2,1-2H3. The molecule has 0 aliphatic heterocycles. The van der Waals surface area contributed by atoms with Crippen molar-refractivity contribution in [3.8, 4) is 29.4 Å². The molecule has 178 valence electrons. The van der Waals surface area contributed by atoms with E-state index in [2.05, 4.69) is 30.6 Å². The van der Waals surface area contributed by atoms with E-state index in [0.29, 0.717) is 11.3 Å². The average molecular weight is 463 g/mol. The van der Waals surface area contributed by atoms with Crippen molar-refractivity contribution in [3.05, 3.63) is 101 Å². The van der Waals surface area contributed by atoms with Crippen LogP contribution in [0.5, 0.6) is 5.75 Å². The van der Waals surface area contributed by atoms with Crippen LogP contribution in [0.4, 0.5) is 0 Å². The van der Waals surface area contributed by atoms with Gasteiger partial charge >= 0.3 is 5.97 Å². The van der Waals surface area contributed by atoms with E-state index in [9.17, 15) is 4.79 Å². The summed E-state index contributed by atoms with van der Waals surface area (Å²) in [7, 11) is 0. The molecule has 35 heavy (non-hydrogen) atoms. The van der Waals surface area contributed by atoms with Gasteiger partial charge in [-0.3, -0.25) is 0 Å². The van der Waals surface area contributed by atoms with Gasteiger partial charge in [0, 0.05) is 23.1 Å². The van der Waals surface area contributed by atoms with Crippen molar-refractivity contribution >= 4 is 5.97 Å². The normalized spacial score (nSPS) is 10.0. The van der Waals surface area contributed by atoms with Gasteiger partial charge in [0.1, 0.15) is 5.75 Å². The lowest BCUT2D eigenvalue weighted by atomic mass is 10.0. The van der Waals surface area contributed by atoms with Crippen molar-refractivity contribution in [3.63, 3.8) is 0 Å². The Morgan fingerprint density at radius 3 is 1.80 bits per heavy atom. The Balaban J connectivity index is 1.49. The van der Waals surface area contributed by atoms with E-state index in [1.165, 1.54) is 44.1 Å². The monoisotopic (exact) mass is 462 g/mol.